The summed E-state index contributed by atoms with van der Waals surface area (Å²) < 4.78 is 54.2. The molecule has 1 aliphatic heterocycles. The third-order valence-electron chi connectivity index (χ3n) is 22.1. The second-order valence-corrected chi connectivity index (χ2v) is 33.7. The van der Waals surface area contributed by atoms with Gasteiger partial charge in [0.2, 0.25) is 46.3 Å². The minimum Gasteiger partial charge on any atom is -0.481 e. The first-order valence-electron chi connectivity index (χ1n) is 44.6. The van der Waals surface area contributed by atoms with E-state index in [-0.39, 0.29) is 160 Å². The van der Waals surface area contributed by atoms with Crippen LogP contribution >= 0.6 is 11.8 Å². The number of thioether (sulfide) groups is 1. The van der Waals surface area contributed by atoms with Crippen LogP contribution in [-0.4, -0.2) is 349 Å². The number of nitrogens with zero attached hydrogens (tertiary/aromatic N) is 6. The fourth-order valence-corrected chi connectivity index (χ4v) is 15.8. The van der Waals surface area contributed by atoms with E-state index in [0.717, 1.165) is 53.3 Å². The molecule has 0 bridgehead atoms. The summed E-state index contributed by atoms with van der Waals surface area (Å²) >= 11 is 0.767. The van der Waals surface area contributed by atoms with Crippen LogP contribution in [0.2, 0.25) is 0 Å². The Balaban J connectivity index is 0.551. The number of aliphatic hydroxyl groups is 9. The maximum atomic E-state index is 12.9. The number of carbonyl (C=O) groups excluding carboxylic acids is 7. The third-order valence-corrected chi connectivity index (χ3v) is 23.4. The molecule has 0 radical (unpaired) electrons. The number of carbonyl (C=O) groups is 9. The van der Waals surface area contributed by atoms with Crippen LogP contribution in [0.15, 0.2) is 122 Å². The molecule has 1 aliphatic carbocycles. The molecule has 2 fully saturated rings. The zero-order valence-electron chi connectivity index (χ0n) is 74.7. The lowest BCUT2D eigenvalue weighted by Crippen LogP contribution is -2.67. The zero-order valence-corrected chi connectivity index (χ0v) is 75.5. The lowest BCUT2D eigenvalue weighted by atomic mass is 9.87. The largest absolute Gasteiger partial charge is 0.481 e. The van der Waals surface area contributed by atoms with Crippen molar-refractivity contribution < 1.29 is 142 Å². The second-order valence-electron chi connectivity index (χ2n) is 32.4. The molecule has 7 amide bonds. The fourth-order valence-electron chi connectivity index (χ4n) is 14.6. The summed E-state index contributed by atoms with van der Waals surface area (Å²) in [5.74, 6) is -6.60. The number of benzene rings is 4. The van der Waals surface area contributed by atoms with E-state index in [1.807, 2.05) is 91.9 Å². The van der Waals surface area contributed by atoms with Gasteiger partial charge in [0.1, 0.15) is 49.0 Å². The van der Waals surface area contributed by atoms with Crippen molar-refractivity contribution in [2.24, 2.45) is 11.3 Å². The SMILES string of the molecule is C[C@H](CCCCNC(=O)CCOCCOCCn1cc(COCCOCCSC2(C(=O)O)C[C@H](O)[C@@H](NC(=O)CO)[C@H]([C@H](O)[C@H](O)CNC(=O)Cc3ccc(-c4ccccc4)cc3)O2)nn1)NC(=O)CCCNC(=O)CCOCCOCCn1cc(COCCOCCC2C[C@@]2(C[C@H](O)[C@@H](NC(=O)CO)[C@@H](O)[C@H](O)[C@H](O)CNC(=O)Cc2ccc(-c3ccccc3)cc2)C(=O)O)nn1. The number of carboxylic acids is 2. The molecule has 1 saturated carbocycles. The molecule has 43 heteroatoms. The molecule has 2 aliphatic rings. The summed E-state index contributed by atoms with van der Waals surface area (Å²) in [5, 5.41) is 152. The average Bonchev–Trinajstić information content (AvgIpc) is 1.64. The monoisotopic (exact) mass is 1890 g/mol. The van der Waals surface area contributed by atoms with Crippen molar-refractivity contribution in [3.05, 3.63) is 144 Å². The number of amides is 7. The van der Waals surface area contributed by atoms with E-state index >= 15 is 0 Å². The minimum absolute atomic E-state index is 0.0167. The highest BCUT2D eigenvalue weighted by molar-refractivity contribution is 8.01. The first-order chi connectivity index (χ1) is 64.2. The van der Waals surface area contributed by atoms with E-state index in [1.165, 1.54) is 0 Å². The number of aliphatic hydroxyl groups excluding tert-OH is 9. The number of nitrogens with one attached hydrogen (secondary N) is 7. The quantitative estimate of drug-likeness (QED) is 0.0201. The second kappa shape index (κ2) is 59.0. The number of unbranched alkanes of at least 4 members (excludes halogenated alkanes) is 1. The van der Waals surface area contributed by atoms with Crippen LogP contribution in [0, 0.1) is 11.3 Å². The van der Waals surface area contributed by atoms with E-state index in [0.29, 0.717) is 74.9 Å². The molecule has 1 saturated heterocycles. The van der Waals surface area contributed by atoms with Gasteiger partial charge < -0.3 is 136 Å². The van der Waals surface area contributed by atoms with E-state index in [4.69, 9.17) is 42.6 Å². The summed E-state index contributed by atoms with van der Waals surface area (Å²) in [6.07, 6.45) is -8.67. The van der Waals surface area contributed by atoms with Crippen molar-refractivity contribution in [2.75, 3.05) is 138 Å². The van der Waals surface area contributed by atoms with E-state index in [9.17, 15) is 99.3 Å². The Morgan fingerprint density at radius 2 is 0.970 bits per heavy atom. The first-order valence-corrected chi connectivity index (χ1v) is 45.6. The van der Waals surface area contributed by atoms with Gasteiger partial charge in [0.15, 0.2) is 0 Å². The van der Waals surface area contributed by atoms with Gasteiger partial charge in [0.05, 0.1) is 179 Å². The van der Waals surface area contributed by atoms with E-state index in [2.05, 4.69) is 57.8 Å². The summed E-state index contributed by atoms with van der Waals surface area (Å²) in [7, 11) is 0. The molecule has 2 aromatic heterocycles. The lowest BCUT2D eigenvalue weighted by molar-refractivity contribution is -0.203. The molecule has 3 heterocycles. The van der Waals surface area contributed by atoms with E-state index < -0.39 is 152 Å². The fraction of sp³-hybridized carbons (Fsp3) is 0.589. The molecule has 734 valence electrons. The number of hydrogen-bond acceptors (Lipinski definition) is 32. The number of rotatable bonds is 69. The Hall–Kier alpha value is -9.98. The topological polar surface area (TPSA) is 605 Å². The predicted molar refractivity (Wildman–Crippen MR) is 477 cm³/mol. The van der Waals surface area contributed by atoms with Crippen molar-refractivity contribution in [3.8, 4) is 22.3 Å². The summed E-state index contributed by atoms with van der Waals surface area (Å²) in [4.78, 5) is 111. The predicted octanol–water partition coefficient (Wildman–Crippen LogP) is -1.12. The number of hydrogen-bond donors (Lipinski definition) is 18. The molecule has 0 spiro atoms. The smallest absolute Gasteiger partial charge is 0.346 e. The van der Waals surface area contributed by atoms with Gasteiger partial charge in [-0.05, 0) is 91.2 Å². The molecule has 133 heavy (non-hydrogen) atoms. The minimum atomic E-state index is -2.17. The van der Waals surface area contributed by atoms with Gasteiger partial charge in [-0.15, -0.1) is 22.0 Å². The molecule has 2 unspecified atom stereocenters. The highest BCUT2D eigenvalue weighted by Gasteiger charge is 2.61. The Morgan fingerprint density at radius 1 is 0.489 bits per heavy atom. The maximum absolute atomic E-state index is 12.9. The van der Waals surface area contributed by atoms with Crippen molar-refractivity contribution >= 4 is 65.1 Å². The number of aromatic nitrogens is 6. The Morgan fingerprint density at radius 3 is 1.48 bits per heavy atom. The molecule has 4 aromatic carbocycles. The normalized spacial score (nSPS) is 18.8. The summed E-state index contributed by atoms with van der Waals surface area (Å²) in [6.45, 7) is 3.65. The van der Waals surface area contributed by atoms with Crippen LogP contribution in [-0.2, 0) is 125 Å². The maximum Gasteiger partial charge on any atom is 0.346 e. The van der Waals surface area contributed by atoms with Crippen molar-refractivity contribution in [1.29, 1.82) is 0 Å². The number of ether oxygens (including phenoxy) is 9. The first kappa shape index (κ1) is 108. The summed E-state index contributed by atoms with van der Waals surface area (Å²) in [6, 6.07) is 30.7. The van der Waals surface area contributed by atoms with Crippen molar-refractivity contribution in [2.45, 2.75) is 189 Å². The van der Waals surface area contributed by atoms with Crippen LogP contribution in [0.1, 0.15) is 100 Å². The standard InChI is InChI=1S/C90H129N13O29S/c1-60(11-8-9-28-91-74(110)26-33-125-37-39-127-36-31-103-55-69(99-101-103)59-131-44-42-129-45-46-133-90(88(122)123)51-71(107)82(97-80(116)57-105)86(132-90)84(118)73(109)53-94-78(114)48-62-19-23-66(24-20-62)64-14-6-3-7-15-64)95-76(112)16-10-29-92-75(111)27-34-126-38-40-128-35-30-102-54-68(98-100-102)58-130-43-41-124-32-25-67-49-89(67,87(120)121)50-70(106)81(96-79(115)56-104)85(119)83(117)72(108)52-93-77(113)47-61-17-21-65(22-18-61)63-12-4-2-5-13-63/h2-7,12-15,17-24,54-55,60,67,70-73,81-86,104-109,117-119H,8-11,16,25-53,56-59H2,1H3,(H,91,110)(H,92,111)(H,93,113)(H,94,114)(H,95,112)(H,96,115)(H,97,116)(H,120,121)(H,122,123)/t60-,67?,70+,71+,72-,73-,81-,82-,83-,84-,85-,86-,89+,90?/m1/s1. The van der Waals surface area contributed by atoms with Gasteiger partial charge in [-0.2, -0.15) is 0 Å². The summed E-state index contributed by atoms with van der Waals surface area (Å²) in [5.41, 5.74) is 4.92. The van der Waals surface area contributed by atoms with Crippen LogP contribution in [0.4, 0.5) is 0 Å². The van der Waals surface area contributed by atoms with Crippen molar-refractivity contribution in [3.63, 3.8) is 0 Å². The Bertz CT molecular complexity index is 4460. The Kier molecular flexibility index (Phi) is 48.1. The molecule has 14 atom stereocenters. The molecule has 42 nitrogen and oxygen atoms in total. The molecule has 6 aromatic rings. The van der Waals surface area contributed by atoms with Crippen molar-refractivity contribution in [1.82, 2.24) is 67.2 Å². The highest BCUT2D eigenvalue weighted by atomic mass is 32.2. The van der Waals surface area contributed by atoms with Gasteiger partial charge in [-0.3, -0.25) is 38.4 Å². The van der Waals surface area contributed by atoms with Crippen LogP contribution < -0.4 is 37.2 Å². The van der Waals surface area contributed by atoms with Gasteiger partial charge in [-0.1, -0.05) is 120 Å². The Labute approximate surface area is 774 Å². The van der Waals surface area contributed by atoms with Gasteiger partial charge >= 0.3 is 11.9 Å². The third kappa shape index (κ3) is 38.7. The van der Waals surface area contributed by atoms with Crippen LogP contribution in [0.25, 0.3) is 22.3 Å². The zero-order chi connectivity index (χ0) is 95.8. The molecule has 18 N–H and O–H groups in total. The van der Waals surface area contributed by atoms with E-state index in [1.54, 1.807) is 46.0 Å². The van der Waals surface area contributed by atoms with Gasteiger partial charge in [-0.25, -0.2) is 14.2 Å². The average molecular weight is 1890 g/mol. The molecular formula is C90H129N13O29S. The molecular weight excluding hydrogens is 1760 g/mol. The lowest BCUT2D eigenvalue weighted by Gasteiger charge is -2.46. The number of aliphatic carboxylic acids is 2. The van der Waals surface area contributed by atoms with Crippen LogP contribution in [0.3, 0.4) is 0 Å². The van der Waals surface area contributed by atoms with Gasteiger partial charge in [0.25, 0.3) is 0 Å². The highest BCUT2D eigenvalue weighted by Crippen LogP contribution is 2.58. The number of carboxylic acid groups (broad SMARTS) is 2. The van der Waals surface area contributed by atoms with Crippen LogP contribution in [0.5, 0.6) is 0 Å². The van der Waals surface area contributed by atoms with Gasteiger partial charge in [0, 0.05) is 70.3 Å². The molecule has 8 rings (SSSR count).